The SMILES string of the molecule is C=CCCCCOC(=O)[C@H]1[C@H]2C(=O)N(CCO)C(C(=O)N(CC=C)CCN3CCOCC3)C23CC(Br)[C@@H]1S3. The van der Waals surface area contributed by atoms with Crippen molar-refractivity contribution < 1.29 is 29.0 Å². The van der Waals surface area contributed by atoms with Gasteiger partial charge in [0.2, 0.25) is 11.8 Å². The van der Waals surface area contributed by atoms with Crippen LogP contribution in [0.4, 0.5) is 0 Å². The van der Waals surface area contributed by atoms with Crippen LogP contribution < -0.4 is 0 Å². The quantitative estimate of drug-likeness (QED) is 0.137. The second-order valence-corrected chi connectivity index (χ2v) is 13.1. The molecule has 4 heterocycles. The predicted molar refractivity (Wildman–Crippen MR) is 150 cm³/mol. The number of rotatable bonds is 14. The van der Waals surface area contributed by atoms with Crippen LogP contribution in [0.3, 0.4) is 0 Å². The number of unbranched alkanes of at least 4 members (excludes halogenated alkanes) is 2. The molecule has 0 aromatic carbocycles. The summed E-state index contributed by atoms with van der Waals surface area (Å²) in [6.07, 6.45) is 6.64. The Balaban J connectivity index is 1.55. The Morgan fingerprint density at radius 1 is 1.24 bits per heavy atom. The van der Waals surface area contributed by atoms with Gasteiger partial charge in [-0.3, -0.25) is 19.3 Å². The van der Waals surface area contributed by atoms with E-state index < -0.39 is 22.6 Å². The third-order valence-corrected chi connectivity index (χ3v) is 11.4. The van der Waals surface area contributed by atoms with E-state index in [0.29, 0.717) is 45.9 Å². The van der Waals surface area contributed by atoms with Crippen LogP contribution in [0.15, 0.2) is 25.3 Å². The molecule has 4 fully saturated rings. The fourth-order valence-electron chi connectivity index (χ4n) is 6.39. The summed E-state index contributed by atoms with van der Waals surface area (Å²) in [5.74, 6) is -2.00. The minimum absolute atomic E-state index is 0.0135. The zero-order valence-corrected chi connectivity index (χ0v) is 24.4. The van der Waals surface area contributed by atoms with Crippen LogP contribution in [-0.4, -0.2) is 124 Å². The summed E-state index contributed by atoms with van der Waals surface area (Å²) in [6.45, 7) is 12.3. The van der Waals surface area contributed by atoms with Crippen LogP contribution in [-0.2, 0) is 23.9 Å². The number of carbonyl (C=O) groups excluding carboxylic acids is 3. The molecule has 4 aliphatic heterocycles. The van der Waals surface area contributed by atoms with Crippen LogP contribution in [0, 0.1) is 11.8 Å². The van der Waals surface area contributed by atoms with Crippen LogP contribution in [0.5, 0.6) is 0 Å². The number of hydrogen-bond donors (Lipinski definition) is 1. The van der Waals surface area contributed by atoms with Crippen LogP contribution in [0.25, 0.3) is 0 Å². The third-order valence-electron chi connectivity index (χ3n) is 8.13. The summed E-state index contributed by atoms with van der Waals surface area (Å²) in [6, 6.07) is -0.753. The maximum Gasteiger partial charge on any atom is 0.310 e. The van der Waals surface area contributed by atoms with Gasteiger partial charge in [0.1, 0.15) is 6.04 Å². The molecule has 3 unspecified atom stereocenters. The van der Waals surface area contributed by atoms with Gasteiger partial charge in [0.15, 0.2) is 0 Å². The number of hydrogen-bond acceptors (Lipinski definition) is 8. The van der Waals surface area contributed by atoms with Gasteiger partial charge in [0.25, 0.3) is 0 Å². The highest BCUT2D eigenvalue weighted by atomic mass is 79.9. The molecule has 1 N–H and O–H groups in total. The van der Waals surface area contributed by atoms with E-state index in [9.17, 15) is 19.5 Å². The molecule has 0 aliphatic carbocycles. The Kier molecular flexibility index (Phi) is 10.4. The lowest BCUT2D eigenvalue weighted by Gasteiger charge is -2.38. The Morgan fingerprint density at radius 2 is 2.00 bits per heavy atom. The normalized spacial score (nSPS) is 32.3. The average Bonchev–Trinajstić information content (AvgIpc) is 3.50. The average molecular weight is 615 g/mol. The largest absolute Gasteiger partial charge is 0.465 e. The van der Waals surface area contributed by atoms with Crippen molar-refractivity contribution in [1.82, 2.24) is 14.7 Å². The number of thioether (sulfide) groups is 1. The van der Waals surface area contributed by atoms with Crippen molar-refractivity contribution in [3.8, 4) is 0 Å². The number of aliphatic hydroxyl groups excluding tert-OH is 1. The summed E-state index contributed by atoms with van der Waals surface area (Å²) >= 11 is 5.35. The van der Waals surface area contributed by atoms with Crippen molar-refractivity contribution in [2.75, 3.05) is 65.7 Å². The lowest BCUT2D eigenvalue weighted by atomic mass is 9.71. The maximum atomic E-state index is 14.2. The number of halogens is 1. The zero-order chi connectivity index (χ0) is 27.3. The molecular weight excluding hydrogens is 574 g/mol. The molecule has 4 aliphatic rings. The van der Waals surface area contributed by atoms with Gasteiger partial charge in [-0.25, -0.2) is 0 Å². The summed E-state index contributed by atoms with van der Waals surface area (Å²) in [5, 5.41) is 9.69. The first-order valence-corrected chi connectivity index (χ1v) is 15.4. The fraction of sp³-hybridized carbons (Fsp3) is 0.741. The van der Waals surface area contributed by atoms with Gasteiger partial charge in [0.05, 0.1) is 43.0 Å². The van der Waals surface area contributed by atoms with E-state index in [2.05, 4.69) is 34.0 Å². The van der Waals surface area contributed by atoms with E-state index in [1.807, 2.05) is 6.08 Å². The predicted octanol–water partition coefficient (Wildman–Crippen LogP) is 1.69. The third kappa shape index (κ3) is 5.73. The van der Waals surface area contributed by atoms with Crippen LogP contribution >= 0.6 is 27.7 Å². The highest BCUT2D eigenvalue weighted by Gasteiger charge is 2.76. The number of alkyl halides is 1. The first-order valence-electron chi connectivity index (χ1n) is 13.6. The first kappa shape index (κ1) is 29.6. The maximum absolute atomic E-state index is 14.2. The zero-order valence-electron chi connectivity index (χ0n) is 22.0. The first-order chi connectivity index (χ1) is 18.4. The molecule has 1 spiro atoms. The van der Waals surface area contributed by atoms with Crippen molar-refractivity contribution >= 4 is 45.5 Å². The molecule has 4 rings (SSSR count). The van der Waals surface area contributed by atoms with Gasteiger partial charge < -0.3 is 24.4 Å². The molecule has 11 heteroatoms. The van der Waals surface area contributed by atoms with Crippen molar-refractivity contribution in [2.45, 2.75) is 46.5 Å². The highest BCUT2D eigenvalue weighted by molar-refractivity contribution is 9.09. The van der Waals surface area contributed by atoms with E-state index >= 15 is 0 Å². The lowest BCUT2D eigenvalue weighted by molar-refractivity contribution is -0.154. The number of fused-ring (bicyclic) bond motifs is 1. The molecule has 212 valence electrons. The molecule has 0 saturated carbocycles. The van der Waals surface area contributed by atoms with Gasteiger partial charge in [-0.2, -0.15) is 0 Å². The summed E-state index contributed by atoms with van der Waals surface area (Å²) in [7, 11) is 0. The topological polar surface area (TPSA) is 99.6 Å². The number of morpholine rings is 1. The number of amides is 2. The molecule has 0 aromatic heterocycles. The standard InChI is InChI=1S/C27H40BrN3O6S/c1-3-5-6-7-15-37-26(35)20-21-24(33)31(11-14-32)23(27(21)18-19(28)22(20)38-27)25(34)30(8-4-2)10-9-29-12-16-36-17-13-29/h3-4,19-23,32H,1-2,5-18H2/t19?,20-,21-,22-,23?,27?/m0/s1. The van der Waals surface area contributed by atoms with Crippen molar-refractivity contribution in [2.24, 2.45) is 11.8 Å². The Bertz CT molecular complexity index is 902. The molecule has 4 saturated heterocycles. The smallest absolute Gasteiger partial charge is 0.310 e. The van der Waals surface area contributed by atoms with E-state index in [1.165, 1.54) is 4.90 Å². The van der Waals surface area contributed by atoms with E-state index in [1.54, 1.807) is 22.7 Å². The second-order valence-electron chi connectivity index (χ2n) is 10.4. The Labute approximate surface area is 238 Å². The van der Waals surface area contributed by atoms with Crippen LogP contribution in [0.1, 0.15) is 25.7 Å². The number of β-amino-alcohol motifs (C(OH)–C–C–N with tert-alkyl or cyclic N) is 1. The van der Waals surface area contributed by atoms with Gasteiger partial charge in [-0.05, 0) is 25.7 Å². The highest BCUT2D eigenvalue weighted by Crippen LogP contribution is 2.68. The van der Waals surface area contributed by atoms with E-state index in [4.69, 9.17) is 9.47 Å². The molecule has 0 aromatic rings. The molecular formula is C27H40BrN3O6S. The summed E-state index contributed by atoms with van der Waals surface area (Å²) < 4.78 is 10.4. The van der Waals surface area contributed by atoms with Crippen molar-refractivity contribution in [1.29, 1.82) is 0 Å². The number of aliphatic hydroxyl groups is 1. The number of carbonyl (C=O) groups is 3. The molecule has 0 radical (unpaired) electrons. The number of likely N-dealkylation sites (tertiary alicyclic amines) is 1. The molecule has 2 amide bonds. The molecule has 2 bridgehead atoms. The van der Waals surface area contributed by atoms with E-state index in [-0.39, 0.29) is 41.0 Å². The van der Waals surface area contributed by atoms with E-state index in [0.717, 1.165) is 32.4 Å². The van der Waals surface area contributed by atoms with Gasteiger partial charge in [-0.1, -0.05) is 28.1 Å². The second kappa shape index (κ2) is 13.3. The van der Waals surface area contributed by atoms with Gasteiger partial charge in [0, 0.05) is 49.3 Å². The van der Waals surface area contributed by atoms with Gasteiger partial charge in [-0.15, -0.1) is 24.9 Å². The Morgan fingerprint density at radius 3 is 2.68 bits per heavy atom. The summed E-state index contributed by atoms with van der Waals surface area (Å²) in [4.78, 5) is 47.0. The monoisotopic (exact) mass is 613 g/mol. The van der Waals surface area contributed by atoms with Crippen molar-refractivity contribution in [3.05, 3.63) is 25.3 Å². The lowest BCUT2D eigenvalue weighted by Crippen LogP contribution is -2.56. The molecule has 9 nitrogen and oxygen atoms in total. The molecule has 6 atom stereocenters. The van der Waals surface area contributed by atoms with Gasteiger partial charge >= 0.3 is 5.97 Å². The number of esters is 1. The molecule has 38 heavy (non-hydrogen) atoms. The number of ether oxygens (including phenoxy) is 2. The fourth-order valence-corrected chi connectivity index (χ4v) is 9.99. The summed E-state index contributed by atoms with van der Waals surface area (Å²) in [5.41, 5.74) is 0. The Hall–Kier alpha value is -1.40. The minimum atomic E-state index is -0.753. The van der Waals surface area contributed by atoms with Crippen LogP contribution in [0.2, 0.25) is 0 Å². The van der Waals surface area contributed by atoms with Crippen molar-refractivity contribution in [3.63, 3.8) is 0 Å². The number of nitrogens with zero attached hydrogens (tertiary/aromatic N) is 3. The minimum Gasteiger partial charge on any atom is -0.465 e. The number of allylic oxidation sites excluding steroid dienone is 1.